The zero-order valence-corrected chi connectivity index (χ0v) is 16.3. The van der Waals surface area contributed by atoms with Crippen molar-refractivity contribution in [1.29, 1.82) is 0 Å². The van der Waals surface area contributed by atoms with Crippen molar-refractivity contribution in [3.63, 3.8) is 0 Å². The third-order valence-electron chi connectivity index (χ3n) is 4.92. The maximum absolute atomic E-state index is 14.9. The smallest absolute Gasteiger partial charge is 0.146 e. The molecule has 0 atom stereocenters. The van der Waals surface area contributed by atoms with Gasteiger partial charge < -0.3 is 0 Å². The Bertz CT molecular complexity index is 955. The molecular formula is C26H27F. The number of unbranched alkanes of at least 4 members (excludes halogenated alkanes) is 2. The van der Waals surface area contributed by atoms with Crippen LogP contribution in [0, 0.1) is 17.7 Å². The van der Waals surface area contributed by atoms with Crippen LogP contribution in [0.2, 0.25) is 0 Å². The van der Waals surface area contributed by atoms with Crippen LogP contribution in [0.4, 0.5) is 4.39 Å². The van der Waals surface area contributed by atoms with Crippen molar-refractivity contribution in [1.82, 2.24) is 0 Å². The van der Waals surface area contributed by atoms with Crippen LogP contribution in [0.15, 0.2) is 54.6 Å². The van der Waals surface area contributed by atoms with Crippen LogP contribution in [0.3, 0.4) is 0 Å². The Morgan fingerprint density at radius 3 is 2.26 bits per heavy atom. The van der Waals surface area contributed by atoms with E-state index in [9.17, 15) is 4.39 Å². The summed E-state index contributed by atoms with van der Waals surface area (Å²) in [6.07, 6.45) is 6.90. The summed E-state index contributed by atoms with van der Waals surface area (Å²) < 4.78 is 14.9. The number of aryl methyl sites for hydroxylation is 2. The van der Waals surface area contributed by atoms with E-state index in [1.165, 1.54) is 30.4 Å². The van der Waals surface area contributed by atoms with Crippen LogP contribution < -0.4 is 0 Å². The molecule has 0 nitrogen and oxygen atoms in total. The summed E-state index contributed by atoms with van der Waals surface area (Å²) in [6, 6.07) is 18.1. The molecule has 0 aliphatic rings. The van der Waals surface area contributed by atoms with Gasteiger partial charge in [-0.1, -0.05) is 81.3 Å². The zero-order chi connectivity index (χ0) is 19.1. The Kier molecular flexibility index (Phi) is 6.66. The number of halogens is 1. The van der Waals surface area contributed by atoms with Gasteiger partial charge in [0.05, 0.1) is 5.56 Å². The highest BCUT2D eigenvalue weighted by Gasteiger charge is 2.06. The molecule has 0 aliphatic heterocycles. The molecule has 0 saturated heterocycles. The fraction of sp³-hybridized carbons (Fsp3) is 0.308. The Labute approximate surface area is 162 Å². The van der Waals surface area contributed by atoms with E-state index in [-0.39, 0.29) is 5.82 Å². The van der Waals surface area contributed by atoms with Gasteiger partial charge in [0.15, 0.2) is 0 Å². The highest BCUT2D eigenvalue weighted by atomic mass is 19.1. The lowest BCUT2D eigenvalue weighted by Crippen LogP contribution is -1.90. The van der Waals surface area contributed by atoms with E-state index >= 15 is 0 Å². The van der Waals surface area contributed by atoms with Crippen LogP contribution in [-0.4, -0.2) is 0 Å². The lowest BCUT2D eigenvalue weighted by Gasteiger charge is -2.06. The van der Waals surface area contributed by atoms with Crippen molar-refractivity contribution in [2.75, 3.05) is 0 Å². The summed E-state index contributed by atoms with van der Waals surface area (Å²) in [5.74, 6) is 5.88. The Hall–Kier alpha value is -2.59. The maximum atomic E-state index is 14.9. The molecule has 0 N–H and O–H groups in total. The van der Waals surface area contributed by atoms with E-state index in [0.717, 1.165) is 30.2 Å². The standard InChI is InChI=1S/C26H27F/c1-3-5-6-8-22-14-18-25-24(19-22)17-16-23(26(25)27)15-13-21-11-9-20(7-4-2)10-12-21/h9-12,14,16-19H,3-8H2,1-2H3. The zero-order valence-electron chi connectivity index (χ0n) is 16.3. The van der Waals surface area contributed by atoms with E-state index < -0.39 is 0 Å². The second-order valence-corrected chi connectivity index (χ2v) is 7.14. The number of rotatable bonds is 6. The summed E-state index contributed by atoms with van der Waals surface area (Å²) in [6.45, 7) is 4.38. The van der Waals surface area contributed by atoms with Crippen molar-refractivity contribution in [2.45, 2.75) is 52.4 Å². The molecule has 0 aromatic heterocycles. The largest absolute Gasteiger partial charge is 0.205 e. The van der Waals surface area contributed by atoms with E-state index in [0.29, 0.717) is 10.9 Å². The molecule has 0 amide bonds. The molecule has 0 aliphatic carbocycles. The summed E-state index contributed by atoms with van der Waals surface area (Å²) in [7, 11) is 0. The molecule has 0 saturated carbocycles. The molecule has 3 aromatic carbocycles. The van der Waals surface area contributed by atoms with Crippen molar-refractivity contribution >= 4 is 10.8 Å². The normalized spacial score (nSPS) is 10.6. The van der Waals surface area contributed by atoms with E-state index in [1.807, 2.05) is 30.3 Å². The lowest BCUT2D eigenvalue weighted by molar-refractivity contribution is 0.636. The van der Waals surface area contributed by atoms with Gasteiger partial charge in [-0.25, -0.2) is 4.39 Å². The van der Waals surface area contributed by atoms with Crippen LogP contribution in [0.1, 0.15) is 61.8 Å². The lowest BCUT2D eigenvalue weighted by atomic mass is 10.0. The molecule has 3 aromatic rings. The van der Waals surface area contributed by atoms with Crippen molar-refractivity contribution in [3.8, 4) is 11.8 Å². The first-order valence-corrected chi connectivity index (χ1v) is 10.0. The molecule has 3 rings (SSSR count). The van der Waals surface area contributed by atoms with Gasteiger partial charge in [0.25, 0.3) is 0 Å². The van der Waals surface area contributed by atoms with Crippen LogP contribution in [0.25, 0.3) is 10.8 Å². The van der Waals surface area contributed by atoms with Gasteiger partial charge in [-0.3, -0.25) is 0 Å². The van der Waals surface area contributed by atoms with Crippen LogP contribution in [-0.2, 0) is 12.8 Å². The third-order valence-corrected chi connectivity index (χ3v) is 4.92. The second-order valence-electron chi connectivity index (χ2n) is 7.14. The topological polar surface area (TPSA) is 0 Å². The predicted octanol–water partition coefficient (Wildman–Crippen LogP) is 7.06. The number of fused-ring (bicyclic) bond motifs is 1. The minimum absolute atomic E-state index is 0.220. The van der Waals surface area contributed by atoms with Crippen molar-refractivity contribution < 1.29 is 4.39 Å². The summed E-state index contributed by atoms with van der Waals surface area (Å²) >= 11 is 0. The minimum atomic E-state index is -0.220. The predicted molar refractivity (Wildman–Crippen MR) is 114 cm³/mol. The molecule has 1 heteroatoms. The first kappa shape index (κ1) is 19.2. The molecule has 0 spiro atoms. The summed E-state index contributed by atoms with van der Waals surface area (Å²) in [5, 5.41) is 1.61. The molecule has 0 heterocycles. The van der Waals surface area contributed by atoms with E-state index in [2.05, 4.69) is 43.9 Å². The highest BCUT2D eigenvalue weighted by Crippen LogP contribution is 2.23. The van der Waals surface area contributed by atoms with Crippen LogP contribution in [0.5, 0.6) is 0 Å². The molecule has 0 bridgehead atoms. The van der Waals surface area contributed by atoms with Gasteiger partial charge in [-0.15, -0.1) is 0 Å². The number of benzene rings is 3. The average Bonchev–Trinajstić information content (AvgIpc) is 2.69. The molecule has 27 heavy (non-hydrogen) atoms. The maximum Gasteiger partial charge on any atom is 0.146 e. The Balaban J connectivity index is 1.81. The van der Waals surface area contributed by atoms with Gasteiger partial charge in [-0.05, 0) is 54.0 Å². The fourth-order valence-corrected chi connectivity index (χ4v) is 3.36. The van der Waals surface area contributed by atoms with Crippen LogP contribution >= 0.6 is 0 Å². The highest BCUT2D eigenvalue weighted by molar-refractivity contribution is 5.85. The van der Waals surface area contributed by atoms with Gasteiger partial charge in [-0.2, -0.15) is 0 Å². The number of hydrogen-bond acceptors (Lipinski definition) is 0. The molecule has 0 fully saturated rings. The average molecular weight is 359 g/mol. The monoisotopic (exact) mass is 358 g/mol. The molecule has 0 unspecified atom stereocenters. The first-order chi connectivity index (χ1) is 13.2. The van der Waals surface area contributed by atoms with Gasteiger partial charge in [0, 0.05) is 10.9 Å². The first-order valence-electron chi connectivity index (χ1n) is 10.0. The Morgan fingerprint density at radius 1 is 0.741 bits per heavy atom. The quantitative estimate of drug-likeness (QED) is 0.327. The second kappa shape index (κ2) is 9.38. The third kappa shape index (κ3) is 4.98. The van der Waals surface area contributed by atoms with E-state index in [1.54, 1.807) is 6.07 Å². The summed E-state index contributed by atoms with van der Waals surface area (Å²) in [4.78, 5) is 0. The van der Waals surface area contributed by atoms with Gasteiger partial charge in [0.2, 0.25) is 0 Å². The summed E-state index contributed by atoms with van der Waals surface area (Å²) in [5.41, 5.74) is 3.97. The number of hydrogen-bond donors (Lipinski definition) is 0. The van der Waals surface area contributed by atoms with Crippen molar-refractivity contribution in [2.24, 2.45) is 0 Å². The van der Waals surface area contributed by atoms with Gasteiger partial charge >= 0.3 is 0 Å². The fourth-order valence-electron chi connectivity index (χ4n) is 3.36. The molecule has 138 valence electrons. The van der Waals surface area contributed by atoms with E-state index in [4.69, 9.17) is 0 Å². The van der Waals surface area contributed by atoms with Crippen molar-refractivity contribution in [3.05, 3.63) is 82.7 Å². The SMILES string of the molecule is CCCCCc1ccc2c(F)c(C#Cc3ccc(CCC)cc3)ccc2c1. The minimum Gasteiger partial charge on any atom is -0.205 e. The molecule has 0 radical (unpaired) electrons. The molecular weight excluding hydrogens is 331 g/mol. The Morgan fingerprint density at radius 2 is 1.52 bits per heavy atom. The van der Waals surface area contributed by atoms with Gasteiger partial charge in [0.1, 0.15) is 5.82 Å².